The summed E-state index contributed by atoms with van der Waals surface area (Å²) in [5.41, 5.74) is 8.44. The van der Waals surface area contributed by atoms with Crippen LogP contribution in [0, 0.1) is 6.92 Å². The van der Waals surface area contributed by atoms with Crippen molar-refractivity contribution in [2.45, 2.75) is 77.7 Å². The van der Waals surface area contributed by atoms with E-state index in [4.69, 9.17) is 19.8 Å². The number of ether oxygens (including phenoxy) is 1. The molecule has 182 valence electrons. The molecule has 2 fully saturated rings. The highest BCUT2D eigenvalue weighted by Gasteiger charge is 2.44. The maximum absolute atomic E-state index is 13.0. The van der Waals surface area contributed by atoms with Crippen molar-refractivity contribution in [3.05, 3.63) is 33.8 Å². The molecule has 10 heteroatoms. The molecule has 1 unspecified atom stereocenters. The fraction of sp³-hybridized carbons (Fsp3) is 0.542. The van der Waals surface area contributed by atoms with E-state index in [-0.39, 0.29) is 23.3 Å². The monoisotopic (exact) mass is 484 g/mol. The molecule has 0 saturated carbocycles. The highest BCUT2D eigenvalue weighted by atomic mass is 32.1. The Kier molecular flexibility index (Phi) is 7.14. The highest BCUT2D eigenvalue weighted by molar-refractivity contribution is 7.09. The van der Waals surface area contributed by atoms with E-state index in [9.17, 15) is 4.79 Å². The Morgan fingerprint density at radius 3 is 2.62 bits per heavy atom. The summed E-state index contributed by atoms with van der Waals surface area (Å²) in [5, 5.41) is 5.53. The zero-order valence-corrected chi connectivity index (χ0v) is 21.3. The van der Waals surface area contributed by atoms with Gasteiger partial charge in [-0.15, -0.1) is 11.3 Å². The van der Waals surface area contributed by atoms with Crippen molar-refractivity contribution in [2.75, 3.05) is 17.7 Å². The number of hydrogen-bond acceptors (Lipinski definition) is 8. The first-order valence-electron chi connectivity index (χ1n) is 11.7. The predicted molar refractivity (Wildman–Crippen MR) is 137 cm³/mol. The number of rotatable bonds is 5. The van der Waals surface area contributed by atoms with Crippen molar-refractivity contribution in [1.29, 1.82) is 0 Å². The number of aliphatic imine (C=N–C) groups is 1. The van der Waals surface area contributed by atoms with Crippen molar-refractivity contribution < 1.29 is 18.8 Å². The van der Waals surface area contributed by atoms with Crippen LogP contribution in [0.4, 0.5) is 11.4 Å². The van der Waals surface area contributed by atoms with E-state index in [0.717, 1.165) is 36.2 Å². The number of aryl methyl sites for hydroxylation is 1. The molecule has 2 aliphatic rings. The van der Waals surface area contributed by atoms with E-state index >= 15 is 0 Å². The van der Waals surface area contributed by atoms with Gasteiger partial charge in [0.05, 0.1) is 21.9 Å². The minimum Gasteiger partial charge on any atom is -0.402 e. The Balaban J connectivity index is 1.69. The number of carbonyl (C=O) groups is 1. The number of amides is 1. The van der Waals surface area contributed by atoms with Gasteiger partial charge in [-0.05, 0) is 71.5 Å². The first kappa shape index (κ1) is 24.8. The summed E-state index contributed by atoms with van der Waals surface area (Å²) in [6.45, 7) is 10.8. The molecule has 1 atom stereocenters. The Hall–Kier alpha value is -2.27. The SMILES string of the molecule is Cc1nc(C(=O)Nc2cc(B3OC(C)(C)CC(C)(C)O3)cc(N)c2C=NC2CCCCO2)cs1. The summed E-state index contributed by atoms with van der Waals surface area (Å²) >= 11 is 1.43. The average Bonchev–Trinajstić information content (AvgIpc) is 3.18. The third-order valence-electron chi connectivity index (χ3n) is 5.84. The lowest BCUT2D eigenvalue weighted by atomic mass is 9.72. The van der Waals surface area contributed by atoms with Gasteiger partial charge in [0.2, 0.25) is 0 Å². The van der Waals surface area contributed by atoms with Crippen LogP contribution in [0.5, 0.6) is 0 Å². The number of carbonyl (C=O) groups excluding carboxylic acids is 1. The van der Waals surface area contributed by atoms with E-state index in [1.165, 1.54) is 11.3 Å². The molecule has 3 heterocycles. The molecule has 0 bridgehead atoms. The lowest BCUT2D eigenvalue weighted by Gasteiger charge is -2.44. The Morgan fingerprint density at radius 1 is 1.26 bits per heavy atom. The lowest BCUT2D eigenvalue weighted by molar-refractivity contribution is -0.0716. The van der Waals surface area contributed by atoms with Gasteiger partial charge in [0, 0.05) is 35.9 Å². The first-order chi connectivity index (χ1) is 16.0. The smallest absolute Gasteiger partial charge is 0.402 e. The largest absolute Gasteiger partial charge is 0.494 e. The van der Waals surface area contributed by atoms with Gasteiger partial charge in [0.25, 0.3) is 5.91 Å². The molecular weight excluding hydrogens is 451 g/mol. The van der Waals surface area contributed by atoms with Crippen molar-refractivity contribution in [3.63, 3.8) is 0 Å². The zero-order chi connectivity index (χ0) is 24.5. The number of anilines is 2. The van der Waals surface area contributed by atoms with E-state index < -0.39 is 7.12 Å². The topological polar surface area (TPSA) is 108 Å². The molecule has 2 saturated heterocycles. The number of nitrogens with zero attached hydrogens (tertiary/aromatic N) is 2. The molecule has 1 aromatic heterocycles. The van der Waals surface area contributed by atoms with Gasteiger partial charge < -0.3 is 25.1 Å². The molecule has 1 amide bonds. The maximum Gasteiger partial charge on any atom is 0.494 e. The van der Waals surface area contributed by atoms with Crippen LogP contribution in [0.3, 0.4) is 0 Å². The van der Waals surface area contributed by atoms with Crippen molar-refractivity contribution in [2.24, 2.45) is 4.99 Å². The second kappa shape index (κ2) is 9.77. The van der Waals surface area contributed by atoms with E-state index in [1.807, 2.05) is 46.8 Å². The summed E-state index contributed by atoms with van der Waals surface area (Å²) in [5.74, 6) is -0.310. The maximum atomic E-state index is 13.0. The van der Waals surface area contributed by atoms with E-state index in [1.54, 1.807) is 11.6 Å². The van der Waals surface area contributed by atoms with Crippen LogP contribution in [0.25, 0.3) is 0 Å². The normalized spacial score (nSPS) is 22.1. The quantitative estimate of drug-likeness (QED) is 0.378. The van der Waals surface area contributed by atoms with Gasteiger partial charge in [0.1, 0.15) is 11.9 Å². The highest BCUT2D eigenvalue weighted by Crippen LogP contribution is 2.33. The molecular formula is C24H33BN4O4S. The minimum absolute atomic E-state index is 0.204. The van der Waals surface area contributed by atoms with Gasteiger partial charge in [-0.25, -0.2) is 4.98 Å². The first-order valence-corrected chi connectivity index (χ1v) is 12.6. The van der Waals surface area contributed by atoms with Gasteiger partial charge in [0.15, 0.2) is 0 Å². The Bertz CT molecular complexity index is 1060. The zero-order valence-electron chi connectivity index (χ0n) is 20.5. The molecule has 0 aliphatic carbocycles. The van der Waals surface area contributed by atoms with Crippen LogP contribution in [0.1, 0.15) is 74.4 Å². The van der Waals surface area contributed by atoms with Gasteiger partial charge in [-0.2, -0.15) is 0 Å². The van der Waals surface area contributed by atoms with Crippen LogP contribution in [-0.2, 0) is 14.0 Å². The fourth-order valence-electron chi connectivity index (χ4n) is 4.58. The number of benzene rings is 1. The molecule has 0 radical (unpaired) electrons. The standard InChI is InChI=1S/C24H33BN4O4S/c1-15-28-20(13-34-15)22(30)29-19-11-16(25-32-23(2,3)14-24(4,5)33-25)10-18(26)17(19)12-27-21-8-6-7-9-31-21/h10-13,21H,6-9,14,26H2,1-5H3,(H,29,30). The van der Waals surface area contributed by atoms with Gasteiger partial charge >= 0.3 is 7.12 Å². The number of nitrogen functional groups attached to an aromatic ring is 1. The van der Waals surface area contributed by atoms with Crippen molar-refractivity contribution in [1.82, 2.24) is 4.98 Å². The molecule has 8 nitrogen and oxygen atoms in total. The second-order valence-corrected chi connectivity index (χ2v) is 11.2. The second-order valence-electron chi connectivity index (χ2n) is 10.1. The lowest BCUT2D eigenvalue weighted by Crippen LogP contribution is -2.56. The number of aromatic nitrogens is 1. The molecule has 3 N–H and O–H groups in total. The van der Waals surface area contributed by atoms with Gasteiger partial charge in [-0.3, -0.25) is 9.79 Å². The van der Waals surface area contributed by atoms with Gasteiger partial charge in [-0.1, -0.05) is 0 Å². The molecule has 2 aliphatic heterocycles. The molecule has 0 spiro atoms. The molecule has 1 aromatic carbocycles. The predicted octanol–water partition coefficient (Wildman–Crippen LogP) is 3.92. The van der Waals surface area contributed by atoms with Crippen LogP contribution in [-0.4, -0.2) is 48.3 Å². The molecule has 2 aromatic rings. The number of nitrogens with one attached hydrogen (secondary N) is 1. The van der Waals surface area contributed by atoms with Crippen LogP contribution in [0.15, 0.2) is 22.5 Å². The van der Waals surface area contributed by atoms with Crippen molar-refractivity contribution in [3.8, 4) is 0 Å². The summed E-state index contributed by atoms with van der Waals surface area (Å²) in [6, 6.07) is 3.67. The van der Waals surface area contributed by atoms with Crippen LogP contribution in [0.2, 0.25) is 0 Å². The fourth-order valence-corrected chi connectivity index (χ4v) is 5.18. The summed E-state index contributed by atoms with van der Waals surface area (Å²) in [6.07, 6.45) is 5.22. The summed E-state index contributed by atoms with van der Waals surface area (Å²) < 4.78 is 18.2. The van der Waals surface area contributed by atoms with E-state index in [2.05, 4.69) is 15.3 Å². The van der Waals surface area contributed by atoms with Crippen molar-refractivity contribution >= 4 is 47.4 Å². The number of nitrogens with two attached hydrogens (primary N) is 1. The molecule has 34 heavy (non-hydrogen) atoms. The third kappa shape index (κ3) is 6.04. The van der Waals surface area contributed by atoms with E-state index in [0.29, 0.717) is 29.2 Å². The number of thiazole rings is 1. The summed E-state index contributed by atoms with van der Waals surface area (Å²) in [4.78, 5) is 21.8. The Morgan fingerprint density at radius 2 is 2.00 bits per heavy atom. The average molecular weight is 484 g/mol. The number of hydrogen-bond donors (Lipinski definition) is 2. The summed E-state index contributed by atoms with van der Waals surface area (Å²) in [7, 11) is -0.620. The van der Waals surface area contributed by atoms with Crippen LogP contribution >= 0.6 is 11.3 Å². The third-order valence-corrected chi connectivity index (χ3v) is 6.61. The minimum atomic E-state index is -0.620. The molecule has 4 rings (SSSR count). The van der Waals surface area contributed by atoms with Crippen LogP contribution < -0.4 is 16.5 Å². The Labute approximate surface area is 205 Å².